The zero-order valence-electron chi connectivity index (χ0n) is 8.37. The lowest BCUT2D eigenvalue weighted by Crippen LogP contribution is -2.05. The molecule has 0 N–H and O–H groups in total. The van der Waals surface area contributed by atoms with Crippen molar-refractivity contribution in [1.82, 2.24) is 0 Å². The van der Waals surface area contributed by atoms with E-state index in [0.29, 0.717) is 0 Å². The van der Waals surface area contributed by atoms with Crippen molar-refractivity contribution < 1.29 is 0 Å². The van der Waals surface area contributed by atoms with E-state index in [9.17, 15) is 0 Å². The average molecular weight is 174 g/mol. The molecule has 0 nitrogen and oxygen atoms in total. The molecule has 0 heterocycles. The van der Waals surface area contributed by atoms with Crippen molar-refractivity contribution in [2.45, 2.75) is 32.6 Å². The minimum absolute atomic E-state index is 0.947. The van der Waals surface area contributed by atoms with E-state index < -0.39 is 0 Å². The van der Waals surface area contributed by atoms with Crippen molar-refractivity contribution >= 4 is 0 Å². The molecule has 1 aromatic rings. The quantitative estimate of drug-likeness (QED) is 0.653. The van der Waals surface area contributed by atoms with E-state index in [-0.39, 0.29) is 0 Å². The Morgan fingerprint density at radius 2 is 1.92 bits per heavy atom. The maximum atomic E-state index is 2.33. The van der Waals surface area contributed by atoms with Gasteiger partial charge in [-0.05, 0) is 36.7 Å². The zero-order valence-corrected chi connectivity index (χ0v) is 8.37. The van der Waals surface area contributed by atoms with Gasteiger partial charge < -0.3 is 0 Å². The molecule has 1 aliphatic carbocycles. The second-order valence-electron chi connectivity index (χ2n) is 4.20. The third kappa shape index (κ3) is 2.33. The second kappa shape index (κ2) is 3.95. The van der Waals surface area contributed by atoms with E-state index in [1.807, 2.05) is 0 Å². The molecule has 0 saturated heterocycles. The van der Waals surface area contributed by atoms with Gasteiger partial charge in [-0.15, -0.1) is 0 Å². The van der Waals surface area contributed by atoms with Crippen LogP contribution in [0.2, 0.25) is 0 Å². The van der Waals surface area contributed by atoms with E-state index in [4.69, 9.17) is 0 Å². The Morgan fingerprint density at radius 1 is 1.23 bits per heavy atom. The predicted octanol–water partition coefficient (Wildman–Crippen LogP) is 3.67. The molecule has 0 aliphatic heterocycles. The fourth-order valence-electron chi connectivity index (χ4n) is 2.13. The standard InChI is InChI=1S/C13H18/c1-2-12(13-8-9-13)10-11-6-4-3-5-7-11/h3-7,12-13H,2,8-10H2,1H3. The normalized spacial score (nSPS) is 18.5. The van der Waals surface area contributed by atoms with E-state index in [1.54, 1.807) is 0 Å². The van der Waals surface area contributed by atoms with Gasteiger partial charge in [0.1, 0.15) is 0 Å². The SMILES string of the molecule is CCC(Cc1ccccc1)C1CC1. The van der Waals surface area contributed by atoms with Gasteiger partial charge in [-0.2, -0.15) is 0 Å². The fraction of sp³-hybridized carbons (Fsp3) is 0.538. The van der Waals surface area contributed by atoms with E-state index in [1.165, 1.54) is 31.2 Å². The lowest BCUT2D eigenvalue weighted by molar-refractivity contribution is 0.445. The number of rotatable bonds is 4. The molecular weight excluding hydrogens is 156 g/mol. The van der Waals surface area contributed by atoms with Gasteiger partial charge in [0.05, 0.1) is 0 Å². The first-order valence-corrected chi connectivity index (χ1v) is 5.44. The first kappa shape index (κ1) is 8.80. The Hall–Kier alpha value is -0.780. The minimum Gasteiger partial charge on any atom is -0.0651 e. The summed E-state index contributed by atoms with van der Waals surface area (Å²) in [6, 6.07) is 10.9. The van der Waals surface area contributed by atoms with Crippen LogP contribution in [0.5, 0.6) is 0 Å². The molecule has 2 rings (SSSR count). The molecule has 0 heteroatoms. The van der Waals surface area contributed by atoms with E-state index >= 15 is 0 Å². The van der Waals surface area contributed by atoms with Crippen molar-refractivity contribution in [3.8, 4) is 0 Å². The number of benzene rings is 1. The highest BCUT2D eigenvalue weighted by molar-refractivity contribution is 5.15. The highest BCUT2D eigenvalue weighted by Gasteiger charge is 2.29. The monoisotopic (exact) mass is 174 g/mol. The van der Waals surface area contributed by atoms with Crippen LogP contribution >= 0.6 is 0 Å². The highest BCUT2D eigenvalue weighted by atomic mass is 14.3. The van der Waals surface area contributed by atoms with Crippen LogP contribution in [0.15, 0.2) is 30.3 Å². The number of hydrogen-bond donors (Lipinski definition) is 0. The van der Waals surface area contributed by atoms with Crippen LogP contribution in [-0.2, 0) is 6.42 Å². The summed E-state index contributed by atoms with van der Waals surface area (Å²) in [5.41, 5.74) is 1.52. The van der Waals surface area contributed by atoms with Gasteiger partial charge in [-0.1, -0.05) is 43.7 Å². The van der Waals surface area contributed by atoms with Gasteiger partial charge in [0.25, 0.3) is 0 Å². The molecule has 1 unspecified atom stereocenters. The topological polar surface area (TPSA) is 0 Å². The molecule has 0 amide bonds. The predicted molar refractivity (Wildman–Crippen MR) is 56.7 cm³/mol. The number of hydrogen-bond acceptors (Lipinski definition) is 0. The summed E-state index contributed by atoms with van der Waals surface area (Å²) in [7, 11) is 0. The van der Waals surface area contributed by atoms with Crippen molar-refractivity contribution in [3.63, 3.8) is 0 Å². The van der Waals surface area contributed by atoms with Crippen molar-refractivity contribution in [1.29, 1.82) is 0 Å². The molecule has 0 bridgehead atoms. The summed E-state index contributed by atoms with van der Waals surface area (Å²) in [4.78, 5) is 0. The molecule has 13 heavy (non-hydrogen) atoms. The second-order valence-corrected chi connectivity index (χ2v) is 4.20. The van der Waals surface area contributed by atoms with E-state index in [0.717, 1.165) is 11.8 Å². The molecule has 0 spiro atoms. The van der Waals surface area contributed by atoms with Gasteiger partial charge >= 0.3 is 0 Å². The van der Waals surface area contributed by atoms with Crippen LogP contribution in [0.3, 0.4) is 0 Å². The molecule has 1 saturated carbocycles. The summed E-state index contributed by atoms with van der Waals surface area (Å²) in [5.74, 6) is 1.99. The lowest BCUT2D eigenvalue weighted by atomic mass is 9.93. The summed E-state index contributed by atoms with van der Waals surface area (Å²) >= 11 is 0. The maximum Gasteiger partial charge on any atom is -0.0248 e. The van der Waals surface area contributed by atoms with E-state index in [2.05, 4.69) is 37.3 Å². The molecule has 1 atom stereocenters. The van der Waals surface area contributed by atoms with Gasteiger partial charge in [-0.25, -0.2) is 0 Å². The van der Waals surface area contributed by atoms with Gasteiger partial charge in [0.15, 0.2) is 0 Å². The summed E-state index contributed by atoms with van der Waals surface area (Å²) in [5, 5.41) is 0. The summed E-state index contributed by atoms with van der Waals surface area (Å²) < 4.78 is 0. The van der Waals surface area contributed by atoms with Crippen molar-refractivity contribution in [3.05, 3.63) is 35.9 Å². The average Bonchev–Trinajstić information content (AvgIpc) is 2.99. The maximum absolute atomic E-state index is 2.33. The van der Waals surface area contributed by atoms with Crippen molar-refractivity contribution in [2.75, 3.05) is 0 Å². The van der Waals surface area contributed by atoms with Gasteiger partial charge in [0.2, 0.25) is 0 Å². The summed E-state index contributed by atoms with van der Waals surface area (Å²) in [6.07, 6.45) is 5.60. The van der Waals surface area contributed by atoms with Gasteiger partial charge in [0, 0.05) is 0 Å². The van der Waals surface area contributed by atoms with Crippen LogP contribution in [0.4, 0.5) is 0 Å². The first-order chi connectivity index (χ1) is 6.40. The smallest absolute Gasteiger partial charge is 0.0248 e. The Labute approximate surface area is 81.0 Å². The molecule has 1 fully saturated rings. The zero-order chi connectivity index (χ0) is 9.10. The van der Waals surface area contributed by atoms with Crippen LogP contribution in [0.25, 0.3) is 0 Å². The Bertz CT molecular complexity index is 246. The molecule has 1 aromatic carbocycles. The fourth-order valence-corrected chi connectivity index (χ4v) is 2.13. The summed E-state index contributed by atoms with van der Waals surface area (Å²) in [6.45, 7) is 2.33. The van der Waals surface area contributed by atoms with Gasteiger partial charge in [-0.3, -0.25) is 0 Å². The van der Waals surface area contributed by atoms with Crippen molar-refractivity contribution in [2.24, 2.45) is 11.8 Å². The van der Waals surface area contributed by atoms with Crippen LogP contribution in [0, 0.1) is 11.8 Å². The Morgan fingerprint density at radius 3 is 2.46 bits per heavy atom. The highest BCUT2D eigenvalue weighted by Crippen LogP contribution is 2.39. The Kier molecular flexibility index (Phi) is 2.68. The molecular formula is C13H18. The third-order valence-corrected chi connectivity index (χ3v) is 3.15. The molecule has 0 aromatic heterocycles. The third-order valence-electron chi connectivity index (χ3n) is 3.15. The minimum atomic E-state index is 0.947. The molecule has 70 valence electrons. The molecule has 0 radical (unpaired) electrons. The van der Waals surface area contributed by atoms with Crippen LogP contribution in [-0.4, -0.2) is 0 Å². The first-order valence-electron chi connectivity index (χ1n) is 5.44. The largest absolute Gasteiger partial charge is 0.0651 e. The molecule has 1 aliphatic rings. The Balaban J connectivity index is 1.95. The van der Waals surface area contributed by atoms with Crippen LogP contribution < -0.4 is 0 Å². The van der Waals surface area contributed by atoms with Crippen LogP contribution in [0.1, 0.15) is 31.7 Å². The lowest BCUT2D eigenvalue weighted by Gasteiger charge is -2.13.